The van der Waals surface area contributed by atoms with Crippen LogP contribution in [0.5, 0.6) is 5.75 Å². The number of benzene rings is 2. The third kappa shape index (κ3) is 4.60. The molecule has 22 heavy (non-hydrogen) atoms. The molecule has 0 bridgehead atoms. The number of nitrogens with one attached hydrogen (secondary N) is 1. The number of rotatable bonds is 5. The zero-order valence-corrected chi connectivity index (χ0v) is 13.2. The molecule has 2 aromatic rings. The molecule has 4 nitrogen and oxygen atoms in total. The van der Waals surface area contributed by atoms with Gasteiger partial charge in [0.05, 0.1) is 6.21 Å². The van der Waals surface area contributed by atoms with Crippen LogP contribution in [-0.2, 0) is 4.79 Å². The van der Waals surface area contributed by atoms with Crippen molar-refractivity contribution in [3.05, 3.63) is 64.7 Å². The molecule has 0 fully saturated rings. The molecule has 0 radical (unpaired) electrons. The predicted octanol–water partition coefficient (Wildman–Crippen LogP) is 3.57. The zero-order chi connectivity index (χ0) is 15.9. The fraction of sp³-hybridized carbons (Fsp3) is 0.176. The van der Waals surface area contributed by atoms with E-state index in [4.69, 9.17) is 16.3 Å². The Balaban J connectivity index is 1.90. The van der Waals surface area contributed by atoms with Crippen LogP contribution in [0.25, 0.3) is 0 Å². The van der Waals surface area contributed by atoms with E-state index in [0.29, 0.717) is 10.8 Å². The monoisotopic (exact) mass is 316 g/mol. The number of hydrogen-bond acceptors (Lipinski definition) is 3. The smallest absolute Gasteiger partial charge is 0.280 e. The van der Waals surface area contributed by atoms with E-state index >= 15 is 0 Å². The quantitative estimate of drug-likeness (QED) is 0.677. The van der Waals surface area contributed by atoms with Crippen molar-refractivity contribution in [3.63, 3.8) is 0 Å². The Hall–Kier alpha value is -2.33. The first-order chi connectivity index (χ1) is 10.6. The maximum absolute atomic E-state index is 11.9. The van der Waals surface area contributed by atoms with Crippen molar-refractivity contribution in [1.29, 1.82) is 0 Å². The number of hydrogen-bond donors (Lipinski definition) is 1. The summed E-state index contributed by atoms with van der Waals surface area (Å²) in [7, 11) is 0. The highest BCUT2D eigenvalue weighted by molar-refractivity contribution is 6.33. The highest BCUT2D eigenvalue weighted by Crippen LogP contribution is 2.14. The van der Waals surface area contributed by atoms with E-state index in [1.54, 1.807) is 13.0 Å². The average molecular weight is 317 g/mol. The Kier molecular flexibility index (Phi) is 5.55. The van der Waals surface area contributed by atoms with Gasteiger partial charge < -0.3 is 4.74 Å². The van der Waals surface area contributed by atoms with Crippen LogP contribution in [-0.4, -0.2) is 18.2 Å². The van der Waals surface area contributed by atoms with Gasteiger partial charge in [-0.3, -0.25) is 4.79 Å². The Morgan fingerprint density at radius 3 is 2.77 bits per heavy atom. The standard InChI is InChI=1S/C17H17ClN2O2/c1-12-6-5-8-15(10-12)22-13(2)17(21)20-19-11-14-7-3-4-9-16(14)18/h3-11,13H,1-2H3,(H,20,21). The molecular weight excluding hydrogens is 300 g/mol. The highest BCUT2D eigenvalue weighted by atomic mass is 35.5. The highest BCUT2D eigenvalue weighted by Gasteiger charge is 2.13. The number of hydrazone groups is 1. The van der Waals surface area contributed by atoms with Gasteiger partial charge in [0.2, 0.25) is 0 Å². The summed E-state index contributed by atoms with van der Waals surface area (Å²) in [5, 5.41) is 4.47. The molecule has 5 heteroatoms. The molecule has 2 rings (SSSR count). The predicted molar refractivity (Wildman–Crippen MR) is 88.5 cm³/mol. The molecule has 0 aliphatic carbocycles. The molecule has 114 valence electrons. The Morgan fingerprint density at radius 1 is 1.27 bits per heavy atom. The number of ether oxygens (including phenoxy) is 1. The van der Waals surface area contributed by atoms with Gasteiger partial charge in [0.1, 0.15) is 5.75 Å². The van der Waals surface area contributed by atoms with Crippen LogP contribution < -0.4 is 10.2 Å². The van der Waals surface area contributed by atoms with Gasteiger partial charge in [0.25, 0.3) is 5.91 Å². The van der Waals surface area contributed by atoms with E-state index in [-0.39, 0.29) is 5.91 Å². The molecule has 1 amide bonds. The summed E-state index contributed by atoms with van der Waals surface area (Å²) in [4.78, 5) is 11.9. The van der Waals surface area contributed by atoms with Gasteiger partial charge in [0, 0.05) is 10.6 Å². The van der Waals surface area contributed by atoms with Crippen LogP contribution >= 0.6 is 11.6 Å². The van der Waals surface area contributed by atoms with Crippen molar-refractivity contribution in [2.75, 3.05) is 0 Å². The van der Waals surface area contributed by atoms with E-state index in [1.165, 1.54) is 6.21 Å². The van der Waals surface area contributed by atoms with E-state index in [2.05, 4.69) is 10.5 Å². The van der Waals surface area contributed by atoms with Crippen LogP contribution in [0.15, 0.2) is 53.6 Å². The first-order valence-corrected chi connectivity index (χ1v) is 7.25. The number of carbonyl (C=O) groups is 1. The van der Waals surface area contributed by atoms with Crippen molar-refractivity contribution in [1.82, 2.24) is 5.43 Å². The van der Waals surface area contributed by atoms with Gasteiger partial charge in [-0.1, -0.05) is 41.9 Å². The first kappa shape index (κ1) is 16.0. The van der Waals surface area contributed by atoms with Gasteiger partial charge in [0.15, 0.2) is 6.10 Å². The SMILES string of the molecule is Cc1cccc(OC(C)C(=O)NN=Cc2ccccc2Cl)c1. The Bertz CT molecular complexity index is 686. The number of nitrogens with zero attached hydrogens (tertiary/aromatic N) is 1. The molecule has 2 aromatic carbocycles. The summed E-state index contributed by atoms with van der Waals surface area (Å²) in [5.41, 5.74) is 4.24. The minimum absolute atomic E-state index is 0.329. The maximum atomic E-state index is 11.9. The number of aryl methyl sites for hydroxylation is 1. The van der Waals surface area contributed by atoms with E-state index in [9.17, 15) is 4.79 Å². The molecule has 0 aromatic heterocycles. The summed E-state index contributed by atoms with van der Waals surface area (Å²) in [5.74, 6) is 0.322. The summed E-state index contributed by atoms with van der Waals surface area (Å²) >= 11 is 6.00. The third-order valence-electron chi connectivity index (χ3n) is 2.96. The molecular formula is C17H17ClN2O2. The van der Waals surface area contributed by atoms with Gasteiger partial charge in [-0.15, -0.1) is 0 Å². The van der Waals surface area contributed by atoms with Crippen molar-refractivity contribution < 1.29 is 9.53 Å². The van der Waals surface area contributed by atoms with Crippen LogP contribution in [0.1, 0.15) is 18.1 Å². The molecule has 0 saturated heterocycles. The van der Waals surface area contributed by atoms with Crippen molar-refractivity contribution in [3.8, 4) is 5.75 Å². The third-order valence-corrected chi connectivity index (χ3v) is 3.30. The van der Waals surface area contributed by atoms with Crippen molar-refractivity contribution >= 4 is 23.7 Å². The largest absolute Gasteiger partial charge is 0.481 e. The first-order valence-electron chi connectivity index (χ1n) is 6.87. The van der Waals surface area contributed by atoms with E-state index < -0.39 is 6.10 Å². The molecule has 0 spiro atoms. The number of carbonyl (C=O) groups excluding carboxylic acids is 1. The molecule has 1 unspecified atom stereocenters. The van der Waals surface area contributed by atoms with Gasteiger partial charge in [-0.2, -0.15) is 5.10 Å². The normalized spacial score (nSPS) is 12.1. The lowest BCUT2D eigenvalue weighted by Gasteiger charge is -2.13. The minimum Gasteiger partial charge on any atom is -0.481 e. The lowest BCUT2D eigenvalue weighted by molar-refractivity contribution is -0.127. The molecule has 0 heterocycles. The number of halogens is 1. The van der Waals surface area contributed by atoms with Gasteiger partial charge >= 0.3 is 0 Å². The summed E-state index contributed by atoms with van der Waals surface area (Å²) in [6.45, 7) is 3.63. The topological polar surface area (TPSA) is 50.7 Å². The number of amides is 1. The molecule has 1 atom stereocenters. The lowest BCUT2D eigenvalue weighted by Crippen LogP contribution is -2.33. The summed E-state index contributed by atoms with van der Waals surface area (Å²) < 4.78 is 5.57. The van der Waals surface area contributed by atoms with Crippen LogP contribution in [0.4, 0.5) is 0 Å². The molecule has 0 saturated carbocycles. The van der Waals surface area contributed by atoms with Gasteiger partial charge in [-0.25, -0.2) is 5.43 Å². The molecule has 0 aliphatic heterocycles. The van der Waals surface area contributed by atoms with Crippen molar-refractivity contribution in [2.45, 2.75) is 20.0 Å². The zero-order valence-electron chi connectivity index (χ0n) is 12.4. The van der Waals surface area contributed by atoms with Crippen LogP contribution in [0.2, 0.25) is 5.02 Å². The lowest BCUT2D eigenvalue weighted by atomic mass is 10.2. The van der Waals surface area contributed by atoms with Gasteiger partial charge in [-0.05, 0) is 37.6 Å². The second-order valence-electron chi connectivity index (χ2n) is 4.83. The maximum Gasteiger partial charge on any atom is 0.280 e. The Morgan fingerprint density at radius 2 is 2.05 bits per heavy atom. The van der Waals surface area contributed by atoms with Crippen LogP contribution in [0, 0.1) is 6.92 Å². The van der Waals surface area contributed by atoms with E-state index in [0.717, 1.165) is 11.1 Å². The van der Waals surface area contributed by atoms with E-state index in [1.807, 2.05) is 49.4 Å². The van der Waals surface area contributed by atoms with Crippen LogP contribution in [0.3, 0.4) is 0 Å². The fourth-order valence-electron chi connectivity index (χ4n) is 1.78. The summed E-state index contributed by atoms with van der Waals surface area (Å²) in [6.07, 6.45) is 0.852. The second-order valence-corrected chi connectivity index (χ2v) is 5.24. The summed E-state index contributed by atoms with van der Waals surface area (Å²) in [6, 6.07) is 14.8. The Labute approximate surface area is 134 Å². The average Bonchev–Trinajstić information content (AvgIpc) is 2.49. The minimum atomic E-state index is -0.648. The molecule has 0 aliphatic rings. The molecule has 1 N–H and O–H groups in total. The fourth-order valence-corrected chi connectivity index (χ4v) is 1.97. The van der Waals surface area contributed by atoms with Crippen molar-refractivity contribution in [2.24, 2.45) is 5.10 Å². The second kappa shape index (κ2) is 7.61.